The fourth-order valence-electron chi connectivity index (χ4n) is 4.32. The Hall–Kier alpha value is -2.76. The van der Waals surface area contributed by atoms with Gasteiger partial charge in [-0.05, 0) is 55.7 Å². The molecule has 3 heterocycles. The summed E-state index contributed by atoms with van der Waals surface area (Å²) in [4.78, 5) is 10.7. The van der Waals surface area contributed by atoms with Crippen LogP contribution in [-0.2, 0) is 19.9 Å². The maximum Gasteiger partial charge on any atom is 0.193 e. The highest BCUT2D eigenvalue weighted by atomic mass is 15.3. The molecule has 3 aromatic rings. The van der Waals surface area contributed by atoms with Gasteiger partial charge >= 0.3 is 0 Å². The van der Waals surface area contributed by atoms with Crippen LogP contribution >= 0.6 is 0 Å². The number of aromatic amines is 1. The molecule has 6 nitrogen and oxygen atoms in total. The van der Waals surface area contributed by atoms with Crippen LogP contribution in [-0.4, -0.2) is 51.8 Å². The van der Waals surface area contributed by atoms with Gasteiger partial charge in [0.25, 0.3) is 0 Å². The Morgan fingerprint density at radius 2 is 2.24 bits per heavy atom. The van der Waals surface area contributed by atoms with E-state index in [0.717, 1.165) is 51.4 Å². The maximum absolute atomic E-state index is 4.93. The van der Waals surface area contributed by atoms with Crippen molar-refractivity contribution >= 4 is 16.9 Å². The number of rotatable bonds is 7. The van der Waals surface area contributed by atoms with E-state index in [2.05, 4.69) is 63.9 Å². The van der Waals surface area contributed by atoms with Crippen molar-refractivity contribution in [3.05, 3.63) is 54.0 Å². The number of nitrogens with zero attached hydrogens (tertiary/aromatic N) is 4. The quantitative estimate of drug-likeness (QED) is 0.368. The molecule has 1 saturated heterocycles. The number of aliphatic imine (C=N–C) groups is 1. The number of hydrogen-bond acceptors (Lipinski definition) is 2. The average molecular weight is 393 g/mol. The van der Waals surface area contributed by atoms with Gasteiger partial charge in [-0.3, -0.25) is 9.67 Å². The zero-order valence-electron chi connectivity index (χ0n) is 17.6. The number of benzene rings is 1. The molecule has 0 saturated carbocycles. The molecule has 0 amide bonds. The predicted molar refractivity (Wildman–Crippen MR) is 119 cm³/mol. The molecule has 154 valence electrons. The van der Waals surface area contributed by atoms with Gasteiger partial charge in [-0.25, -0.2) is 0 Å². The minimum absolute atomic E-state index is 0.675. The van der Waals surface area contributed by atoms with E-state index in [4.69, 9.17) is 4.99 Å². The van der Waals surface area contributed by atoms with Crippen LogP contribution in [0.25, 0.3) is 10.9 Å². The molecule has 1 atom stereocenters. The Morgan fingerprint density at radius 3 is 3.07 bits per heavy atom. The van der Waals surface area contributed by atoms with Crippen LogP contribution < -0.4 is 5.32 Å². The second-order valence-electron chi connectivity index (χ2n) is 8.03. The van der Waals surface area contributed by atoms with E-state index < -0.39 is 0 Å². The van der Waals surface area contributed by atoms with Gasteiger partial charge in [-0.15, -0.1) is 0 Å². The third-order valence-electron chi connectivity index (χ3n) is 5.74. The number of nitrogens with one attached hydrogen (secondary N) is 2. The summed E-state index contributed by atoms with van der Waals surface area (Å²) in [7, 11) is 1.98. The van der Waals surface area contributed by atoms with Gasteiger partial charge in [-0.1, -0.05) is 18.2 Å². The lowest BCUT2D eigenvalue weighted by Crippen LogP contribution is -2.40. The van der Waals surface area contributed by atoms with E-state index >= 15 is 0 Å². The molecule has 1 aromatic carbocycles. The number of fused-ring (bicyclic) bond motifs is 1. The van der Waals surface area contributed by atoms with Crippen molar-refractivity contribution in [1.82, 2.24) is 25.0 Å². The molecule has 1 aliphatic rings. The first kappa shape index (κ1) is 19.6. The summed E-state index contributed by atoms with van der Waals surface area (Å²) < 4.78 is 1.89. The Bertz CT molecular complexity index is 953. The summed E-state index contributed by atoms with van der Waals surface area (Å²) in [6.45, 7) is 6.06. The largest absolute Gasteiger partial charge is 0.361 e. The van der Waals surface area contributed by atoms with Gasteiger partial charge in [0.15, 0.2) is 5.96 Å². The first-order valence-electron chi connectivity index (χ1n) is 10.8. The van der Waals surface area contributed by atoms with Crippen molar-refractivity contribution in [2.24, 2.45) is 18.0 Å². The highest BCUT2D eigenvalue weighted by Crippen LogP contribution is 2.21. The highest BCUT2D eigenvalue weighted by molar-refractivity contribution is 5.83. The molecule has 2 aromatic heterocycles. The van der Waals surface area contributed by atoms with Gasteiger partial charge < -0.3 is 15.2 Å². The van der Waals surface area contributed by atoms with Crippen LogP contribution in [0.4, 0.5) is 0 Å². The monoisotopic (exact) mass is 392 g/mol. The first-order chi connectivity index (χ1) is 14.2. The predicted octanol–water partition coefficient (Wildman–Crippen LogP) is 3.36. The standard InChI is InChI=1S/C23H32N6/c1-3-24-23(29-12-10-18(17-29)13-19-14-27-28(2)16-19)25-11-6-7-20-15-26-22-9-5-4-8-21(20)22/h4-5,8-9,14-16,18,26H,3,6-7,10-13,17H2,1-2H3,(H,24,25). The lowest BCUT2D eigenvalue weighted by atomic mass is 10.0. The fourth-order valence-corrected chi connectivity index (χ4v) is 4.32. The molecule has 0 bridgehead atoms. The summed E-state index contributed by atoms with van der Waals surface area (Å²) in [5, 5.41) is 9.12. The van der Waals surface area contributed by atoms with Crippen LogP contribution in [0.1, 0.15) is 30.9 Å². The van der Waals surface area contributed by atoms with Gasteiger partial charge in [0.2, 0.25) is 0 Å². The van der Waals surface area contributed by atoms with E-state index in [1.807, 2.05) is 17.9 Å². The number of hydrogen-bond donors (Lipinski definition) is 2. The van der Waals surface area contributed by atoms with Crippen molar-refractivity contribution in [3.8, 4) is 0 Å². The molecule has 0 spiro atoms. The Labute approximate surface area is 173 Å². The lowest BCUT2D eigenvalue weighted by Gasteiger charge is -2.21. The summed E-state index contributed by atoms with van der Waals surface area (Å²) in [6, 6.07) is 8.51. The van der Waals surface area contributed by atoms with E-state index in [1.54, 1.807) is 0 Å². The second kappa shape index (κ2) is 9.16. The minimum Gasteiger partial charge on any atom is -0.361 e. The summed E-state index contributed by atoms with van der Waals surface area (Å²) >= 11 is 0. The molecule has 6 heteroatoms. The summed E-state index contributed by atoms with van der Waals surface area (Å²) in [5.74, 6) is 1.74. The van der Waals surface area contributed by atoms with E-state index in [1.165, 1.54) is 28.5 Å². The maximum atomic E-state index is 4.93. The zero-order valence-corrected chi connectivity index (χ0v) is 17.6. The normalized spacial score (nSPS) is 17.4. The molecule has 0 radical (unpaired) electrons. The van der Waals surface area contributed by atoms with E-state index in [9.17, 15) is 0 Å². The van der Waals surface area contributed by atoms with Gasteiger partial charge in [0.1, 0.15) is 0 Å². The number of para-hydroxylation sites is 1. The Kier molecular flexibility index (Phi) is 6.17. The zero-order chi connectivity index (χ0) is 20.1. The van der Waals surface area contributed by atoms with Crippen molar-refractivity contribution in [2.45, 2.75) is 32.6 Å². The van der Waals surface area contributed by atoms with E-state index in [0.29, 0.717) is 5.92 Å². The Morgan fingerprint density at radius 1 is 1.34 bits per heavy atom. The van der Waals surface area contributed by atoms with Crippen LogP contribution in [0.5, 0.6) is 0 Å². The molecular weight excluding hydrogens is 360 g/mol. The number of aryl methyl sites for hydroxylation is 2. The second-order valence-corrected chi connectivity index (χ2v) is 8.03. The number of guanidine groups is 1. The summed E-state index contributed by atoms with van der Waals surface area (Å²) in [6.07, 6.45) is 10.7. The van der Waals surface area contributed by atoms with Crippen molar-refractivity contribution in [3.63, 3.8) is 0 Å². The van der Waals surface area contributed by atoms with E-state index in [-0.39, 0.29) is 0 Å². The molecule has 1 unspecified atom stereocenters. The molecular formula is C23H32N6. The van der Waals surface area contributed by atoms with Crippen LogP contribution in [0.3, 0.4) is 0 Å². The lowest BCUT2D eigenvalue weighted by molar-refractivity contribution is 0.459. The van der Waals surface area contributed by atoms with Crippen LogP contribution in [0, 0.1) is 5.92 Å². The van der Waals surface area contributed by atoms with Crippen molar-refractivity contribution < 1.29 is 0 Å². The number of H-pyrrole nitrogens is 1. The Balaban J connectivity index is 1.30. The van der Waals surface area contributed by atoms with Crippen molar-refractivity contribution in [1.29, 1.82) is 0 Å². The SMILES string of the molecule is CCNC(=NCCCc1c[nH]c2ccccc12)N1CCC(Cc2cnn(C)c2)C1. The molecule has 4 rings (SSSR count). The van der Waals surface area contributed by atoms with Crippen LogP contribution in [0.2, 0.25) is 0 Å². The molecule has 29 heavy (non-hydrogen) atoms. The van der Waals surface area contributed by atoms with Crippen molar-refractivity contribution in [2.75, 3.05) is 26.2 Å². The first-order valence-corrected chi connectivity index (χ1v) is 10.8. The molecule has 2 N–H and O–H groups in total. The number of aromatic nitrogens is 3. The molecule has 1 fully saturated rings. The van der Waals surface area contributed by atoms with Gasteiger partial charge in [0, 0.05) is 56.5 Å². The smallest absolute Gasteiger partial charge is 0.193 e. The summed E-state index contributed by atoms with van der Waals surface area (Å²) in [5.41, 5.74) is 3.94. The van der Waals surface area contributed by atoms with Crippen LogP contribution in [0.15, 0.2) is 47.8 Å². The highest BCUT2D eigenvalue weighted by Gasteiger charge is 2.25. The third kappa shape index (κ3) is 4.81. The fraction of sp³-hybridized carbons (Fsp3) is 0.478. The molecule has 0 aliphatic carbocycles. The average Bonchev–Trinajstić information content (AvgIpc) is 3.45. The minimum atomic E-state index is 0.675. The third-order valence-corrected chi connectivity index (χ3v) is 5.74. The van der Waals surface area contributed by atoms with Gasteiger partial charge in [0.05, 0.1) is 6.20 Å². The molecule has 1 aliphatic heterocycles. The topological polar surface area (TPSA) is 61.2 Å². The van der Waals surface area contributed by atoms with Gasteiger partial charge in [-0.2, -0.15) is 5.10 Å². The number of likely N-dealkylation sites (tertiary alicyclic amines) is 1.